The van der Waals surface area contributed by atoms with E-state index in [-0.39, 0.29) is 50.0 Å². The zero-order chi connectivity index (χ0) is 16.1. The number of hydrogen-bond acceptors (Lipinski definition) is 7. The Morgan fingerprint density at radius 2 is 2.09 bits per heavy atom. The Balaban J connectivity index is 2.11. The molecule has 2 heterocycles. The zero-order valence-corrected chi connectivity index (χ0v) is 11.8. The molecule has 0 saturated heterocycles. The number of aromatic nitrogens is 4. The summed E-state index contributed by atoms with van der Waals surface area (Å²) in [6.07, 6.45) is 1.20. The average molecular weight is 307 g/mol. The van der Waals surface area contributed by atoms with Gasteiger partial charge in [-0.1, -0.05) is 0 Å². The highest BCUT2D eigenvalue weighted by Crippen LogP contribution is 2.13. The predicted molar refractivity (Wildman–Crippen MR) is 77.7 cm³/mol. The van der Waals surface area contributed by atoms with Crippen LogP contribution in [-0.4, -0.2) is 61.5 Å². The third-order valence-electron chi connectivity index (χ3n) is 3.02. The number of carboxylic acid groups (broad SMARTS) is 1. The first-order valence-electron chi connectivity index (χ1n) is 6.66. The molecule has 0 radical (unpaired) electrons. The Kier molecular flexibility index (Phi) is 4.84. The lowest BCUT2D eigenvalue weighted by molar-refractivity contribution is -0.138. The van der Waals surface area contributed by atoms with Gasteiger partial charge in [-0.05, 0) is 0 Å². The van der Waals surface area contributed by atoms with Gasteiger partial charge in [0.05, 0.1) is 19.2 Å². The standard InChI is InChI=1S/C12H17N7O3/c13-2-4-19(3-1-9(21)22)8(20)5-7-17-11(14)10-12(18-7)16-6-15-10/h6H,1-5,13H2,(H,21,22)(H3,14,15,16,17,18). The monoisotopic (exact) mass is 307 g/mol. The van der Waals surface area contributed by atoms with E-state index in [1.165, 1.54) is 11.2 Å². The van der Waals surface area contributed by atoms with Crippen molar-refractivity contribution in [3.8, 4) is 0 Å². The van der Waals surface area contributed by atoms with Crippen LogP contribution in [-0.2, 0) is 16.0 Å². The van der Waals surface area contributed by atoms with Crippen molar-refractivity contribution in [1.82, 2.24) is 24.8 Å². The number of rotatable bonds is 7. The molecule has 1 amide bonds. The highest BCUT2D eigenvalue weighted by atomic mass is 16.4. The fraction of sp³-hybridized carbons (Fsp3) is 0.417. The number of nitrogens with one attached hydrogen (secondary N) is 1. The van der Waals surface area contributed by atoms with Gasteiger partial charge >= 0.3 is 5.97 Å². The number of anilines is 1. The number of nitrogens with two attached hydrogens (primary N) is 2. The van der Waals surface area contributed by atoms with Gasteiger partial charge < -0.3 is 26.5 Å². The third-order valence-corrected chi connectivity index (χ3v) is 3.02. The lowest BCUT2D eigenvalue weighted by atomic mass is 10.3. The molecule has 2 aromatic rings. The molecule has 22 heavy (non-hydrogen) atoms. The van der Waals surface area contributed by atoms with Crippen LogP contribution >= 0.6 is 0 Å². The smallest absolute Gasteiger partial charge is 0.305 e. The number of nitrogen functional groups attached to an aromatic ring is 1. The summed E-state index contributed by atoms with van der Waals surface area (Å²) in [5.74, 6) is -0.838. The Labute approximate surface area is 125 Å². The molecule has 0 spiro atoms. The number of aromatic amines is 1. The van der Waals surface area contributed by atoms with Gasteiger partial charge in [0.25, 0.3) is 0 Å². The maximum atomic E-state index is 12.2. The highest BCUT2D eigenvalue weighted by Gasteiger charge is 2.17. The van der Waals surface area contributed by atoms with E-state index in [9.17, 15) is 9.59 Å². The van der Waals surface area contributed by atoms with Gasteiger partial charge in [0, 0.05) is 19.6 Å². The van der Waals surface area contributed by atoms with Gasteiger partial charge in [0.1, 0.15) is 11.3 Å². The van der Waals surface area contributed by atoms with Crippen molar-refractivity contribution in [1.29, 1.82) is 0 Å². The van der Waals surface area contributed by atoms with E-state index in [0.717, 1.165) is 0 Å². The largest absolute Gasteiger partial charge is 0.481 e. The molecule has 10 nitrogen and oxygen atoms in total. The van der Waals surface area contributed by atoms with E-state index in [2.05, 4.69) is 19.9 Å². The summed E-state index contributed by atoms with van der Waals surface area (Å²) in [5, 5.41) is 8.71. The van der Waals surface area contributed by atoms with Crippen molar-refractivity contribution in [2.24, 2.45) is 5.73 Å². The van der Waals surface area contributed by atoms with Crippen LogP contribution in [0.5, 0.6) is 0 Å². The van der Waals surface area contributed by atoms with Crippen molar-refractivity contribution >= 4 is 28.9 Å². The number of carbonyl (C=O) groups is 2. The zero-order valence-electron chi connectivity index (χ0n) is 11.8. The van der Waals surface area contributed by atoms with E-state index < -0.39 is 5.97 Å². The number of carbonyl (C=O) groups excluding carboxylic acids is 1. The Hall–Kier alpha value is -2.75. The van der Waals surface area contributed by atoms with Crippen LogP contribution in [0.1, 0.15) is 12.2 Å². The molecule has 0 aromatic carbocycles. The first kappa shape index (κ1) is 15.6. The summed E-state index contributed by atoms with van der Waals surface area (Å²) in [5.41, 5.74) is 12.1. The molecule has 0 aliphatic heterocycles. The molecule has 0 fully saturated rings. The predicted octanol–water partition coefficient (Wildman–Crippen LogP) is -1.26. The minimum Gasteiger partial charge on any atom is -0.481 e. The van der Waals surface area contributed by atoms with Gasteiger partial charge in [0.15, 0.2) is 11.5 Å². The molecular weight excluding hydrogens is 290 g/mol. The van der Waals surface area contributed by atoms with Crippen LogP contribution in [0.25, 0.3) is 11.2 Å². The quantitative estimate of drug-likeness (QED) is 0.492. The van der Waals surface area contributed by atoms with Crippen LogP contribution in [0, 0.1) is 0 Å². The molecule has 2 aromatic heterocycles. The second-order valence-corrected chi connectivity index (χ2v) is 4.62. The van der Waals surface area contributed by atoms with Gasteiger partial charge in [-0.2, -0.15) is 0 Å². The van der Waals surface area contributed by atoms with E-state index in [1.54, 1.807) is 0 Å². The third kappa shape index (κ3) is 3.67. The summed E-state index contributed by atoms with van der Waals surface area (Å²) in [7, 11) is 0. The highest BCUT2D eigenvalue weighted by molar-refractivity contribution is 5.83. The molecular formula is C12H17N7O3. The molecule has 10 heteroatoms. The number of fused-ring (bicyclic) bond motifs is 1. The maximum absolute atomic E-state index is 12.2. The first-order valence-corrected chi connectivity index (χ1v) is 6.66. The summed E-state index contributed by atoms with van der Waals surface area (Å²) >= 11 is 0. The molecule has 6 N–H and O–H groups in total. The molecule has 0 aliphatic rings. The molecule has 2 rings (SSSR count). The fourth-order valence-corrected chi connectivity index (χ4v) is 1.98. The fourth-order valence-electron chi connectivity index (χ4n) is 1.98. The van der Waals surface area contributed by atoms with Gasteiger partial charge in [-0.15, -0.1) is 0 Å². The number of amides is 1. The molecule has 118 valence electrons. The van der Waals surface area contributed by atoms with Crippen molar-refractivity contribution in [3.63, 3.8) is 0 Å². The number of aliphatic carboxylic acids is 1. The topological polar surface area (TPSA) is 164 Å². The van der Waals surface area contributed by atoms with Gasteiger partial charge in [-0.3, -0.25) is 9.59 Å². The van der Waals surface area contributed by atoms with E-state index in [1.807, 2.05) is 0 Å². The molecule has 0 saturated carbocycles. The van der Waals surface area contributed by atoms with E-state index >= 15 is 0 Å². The molecule has 0 atom stereocenters. The lowest BCUT2D eigenvalue weighted by Crippen LogP contribution is -2.38. The number of hydrogen-bond donors (Lipinski definition) is 4. The molecule has 0 bridgehead atoms. The van der Waals surface area contributed by atoms with Crippen LogP contribution in [0.15, 0.2) is 6.33 Å². The minimum atomic E-state index is -0.978. The summed E-state index contributed by atoms with van der Waals surface area (Å²) in [4.78, 5) is 39.2. The Morgan fingerprint density at radius 1 is 1.32 bits per heavy atom. The molecule has 0 unspecified atom stereocenters. The number of H-pyrrole nitrogens is 1. The van der Waals surface area contributed by atoms with E-state index in [4.69, 9.17) is 16.6 Å². The van der Waals surface area contributed by atoms with Crippen LogP contribution in [0.4, 0.5) is 5.82 Å². The van der Waals surface area contributed by atoms with Crippen molar-refractivity contribution in [2.45, 2.75) is 12.8 Å². The van der Waals surface area contributed by atoms with Crippen LogP contribution < -0.4 is 11.5 Å². The number of nitrogens with zero attached hydrogens (tertiary/aromatic N) is 4. The lowest BCUT2D eigenvalue weighted by Gasteiger charge is -2.20. The second-order valence-electron chi connectivity index (χ2n) is 4.62. The normalized spacial score (nSPS) is 10.8. The van der Waals surface area contributed by atoms with Crippen molar-refractivity contribution in [2.75, 3.05) is 25.4 Å². The van der Waals surface area contributed by atoms with Crippen molar-refractivity contribution in [3.05, 3.63) is 12.2 Å². The SMILES string of the molecule is NCCN(CCC(=O)O)C(=O)Cc1nc(N)c2[nH]cnc2n1. The van der Waals surface area contributed by atoms with Gasteiger partial charge in [0.2, 0.25) is 5.91 Å². The van der Waals surface area contributed by atoms with E-state index in [0.29, 0.717) is 11.2 Å². The Bertz CT molecular complexity index is 684. The number of imidazole rings is 1. The van der Waals surface area contributed by atoms with Crippen LogP contribution in [0.3, 0.4) is 0 Å². The van der Waals surface area contributed by atoms with Crippen LogP contribution in [0.2, 0.25) is 0 Å². The Morgan fingerprint density at radius 3 is 2.77 bits per heavy atom. The summed E-state index contributed by atoms with van der Waals surface area (Å²) < 4.78 is 0. The molecule has 0 aliphatic carbocycles. The first-order chi connectivity index (χ1) is 10.5. The average Bonchev–Trinajstić information content (AvgIpc) is 2.92. The van der Waals surface area contributed by atoms with Gasteiger partial charge in [-0.25, -0.2) is 15.0 Å². The minimum absolute atomic E-state index is 0.0888. The number of carboxylic acids is 1. The maximum Gasteiger partial charge on any atom is 0.305 e. The van der Waals surface area contributed by atoms with Crippen molar-refractivity contribution < 1.29 is 14.7 Å². The summed E-state index contributed by atoms with van der Waals surface area (Å²) in [6.45, 7) is 0.602. The second kappa shape index (κ2) is 6.80. The summed E-state index contributed by atoms with van der Waals surface area (Å²) in [6, 6.07) is 0.